The van der Waals surface area contributed by atoms with Crippen molar-refractivity contribution in [2.24, 2.45) is 5.92 Å². The lowest BCUT2D eigenvalue weighted by Gasteiger charge is -2.45. The van der Waals surface area contributed by atoms with E-state index in [1.54, 1.807) is 54.6 Å². The number of rotatable bonds is 7. The van der Waals surface area contributed by atoms with Crippen molar-refractivity contribution in [2.75, 3.05) is 40.7 Å². The van der Waals surface area contributed by atoms with E-state index in [9.17, 15) is 13.5 Å². The molecule has 0 amide bonds. The summed E-state index contributed by atoms with van der Waals surface area (Å²) in [5.41, 5.74) is -0.690. The number of piperidine rings is 1. The highest BCUT2D eigenvalue weighted by molar-refractivity contribution is 7.88. The lowest BCUT2D eigenvalue weighted by Crippen LogP contribution is -2.54. The molecule has 2 aromatic rings. The van der Waals surface area contributed by atoms with E-state index in [0.717, 1.165) is 0 Å². The predicted molar refractivity (Wildman–Crippen MR) is 114 cm³/mol. The Morgan fingerprint density at radius 2 is 2.00 bits per heavy atom. The van der Waals surface area contributed by atoms with Gasteiger partial charge in [0, 0.05) is 33.8 Å². The van der Waals surface area contributed by atoms with E-state index >= 15 is 0 Å². The average Bonchev–Trinajstić information content (AvgIpc) is 2.77. The van der Waals surface area contributed by atoms with Gasteiger partial charge in [-0.2, -0.15) is 0 Å². The summed E-state index contributed by atoms with van der Waals surface area (Å²) in [6.07, 6.45) is -0.0469. The Labute approximate surface area is 182 Å². The number of benzene rings is 2. The molecule has 1 saturated heterocycles. The standard InChI is InChI=1S/C22H30N2O4S/c1-23(2)15-20-16-24(29(26,27)17-18-8-5-4-6-9-18)13-12-22(20,25)19-10-7-11-21(14-19)28-3/h4-11,14,20,25H,12-13,15-17H2,1-3H3/t20-,22-/m1/s1/i1D3,2D3. The molecule has 0 bridgehead atoms. The van der Waals surface area contributed by atoms with Crippen molar-refractivity contribution in [3.8, 4) is 5.75 Å². The minimum absolute atomic E-state index is 0.0130. The Hall–Kier alpha value is -1.93. The molecule has 2 atom stereocenters. The molecule has 1 aliphatic rings. The molecular weight excluding hydrogens is 388 g/mol. The van der Waals surface area contributed by atoms with E-state index in [1.165, 1.54) is 11.4 Å². The SMILES string of the molecule is [2H]C([2H])([2H])N(C[C@@H]1CN(S(=O)(=O)Cc2ccccc2)CC[C@@]1(O)c1cccc(OC)c1)C([2H])([2H])[2H]. The average molecular weight is 425 g/mol. The normalized spacial score (nSPS) is 27.2. The molecule has 0 radical (unpaired) electrons. The highest BCUT2D eigenvalue weighted by atomic mass is 32.2. The monoisotopic (exact) mass is 424 g/mol. The van der Waals surface area contributed by atoms with Crippen LogP contribution < -0.4 is 4.74 Å². The molecule has 1 N–H and O–H groups in total. The van der Waals surface area contributed by atoms with Crippen LogP contribution in [0.2, 0.25) is 0 Å². The summed E-state index contributed by atoms with van der Waals surface area (Å²) in [5.74, 6) is -0.854. The fraction of sp³-hybridized carbons (Fsp3) is 0.455. The molecule has 0 saturated carbocycles. The van der Waals surface area contributed by atoms with E-state index in [2.05, 4.69) is 0 Å². The van der Waals surface area contributed by atoms with E-state index in [0.29, 0.717) is 21.8 Å². The predicted octanol–water partition coefficient (Wildman–Crippen LogP) is 2.30. The zero-order valence-electron chi connectivity index (χ0n) is 22.3. The maximum Gasteiger partial charge on any atom is 0.218 e. The quantitative estimate of drug-likeness (QED) is 0.739. The first kappa shape index (κ1) is 15.0. The summed E-state index contributed by atoms with van der Waals surface area (Å²) < 4.78 is 79.4. The van der Waals surface area contributed by atoms with Crippen molar-refractivity contribution >= 4 is 10.0 Å². The molecule has 29 heavy (non-hydrogen) atoms. The molecule has 0 aromatic heterocycles. The van der Waals surface area contributed by atoms with Gasteiger partial charge in [0.05, 0.1) is 18.5 Å². The fourth-order valence-corrected chi connectivity index (χ4v) is 5.39. The van der Waals surface area contributed by atoms with E-state index < -0.39 is 42.0 Å². The summed E-state index contributed by atoms with van der Waals surface area (Å²) in [6.45, 7) is -6.79. The van der Waals surface area contributed by atoms with Crippen LogP contribution in [-0.2, 0) is 21.4 Å². The largest absolute Gasteiger partial charge is 0.497 e. The van der Waals surface area contributed by atoms with Gasteiger partial charge in [-0.1, -0.05) is 42.5 Å². The van der Waals surface area contributed by atoms with E-state index in [-0.39, 0.29) is 25.3 Å². The molecule has 1 heterocycles. The van der Waals surface area contributed by atoms with Crippen LogP contribution in [0.5, 0.6) is 5.75 Å². The lowest BCUT2D eigenvalue weighted by atomic mass is 9.76. The maximum absolute atomic E-state index is 13.2. The Balaban J connectivity index is 1.99. The van der Waals surface area contributed by atoms with Crippen LogP contribution >= 0.6 is 0 Å². The van der Waals surface area contributed by atoms with Crippen molar-refractivity contribution in [3.63, 3.8) is 0 Å². The van der Waals surface area contributed by atoms with Crippen LogP contribution in [0, 0.1) is 5.92 Å². The van der Waals surface area contributed by atoms with Gasteiger partial charge in [0.2, 0.25) is 10.0 Å². The molecule has 1 aliphatic heterocycles. The van der Waals surface area contributed by atoms with Gasteiger partial charge >= 0.3 is 0 Å². The first-order valence-corrected chi connectivity index (χ1v) is 10.9. The van der Waals surface area contributed by atoms with Crippen molar-refractivity contribution in [3.05, 3.63) is 65.7 Å². The Morgan fingerprint density at radius 3 is 2.69 bits per heavy atom. The van der Waals surface area contributed by atoms with E-state index in [1.807, 2.05) is 0 Å². The molecule has 6 nitrogen and oxygen atoms in total. The summed E-state index contributed by atoms with van der Waals surface area (Å²) in [6, 6.07) is 15.2. The Kier molecular flexibility index (Phi) is 4.56. The highest BCUT2D eigenvalue weighted by Gasteiger charge is 2.45. The molecular formula is C22H30N2O4S. The van der Waals surface area contributed by atoms with Gasteiger partial charge in [-0.25, -0.2) is 12.7 Å². The number of aliphatic hydroxyl groups is 1. The van der Waals surface area contributed by atoms with E-state index in [4.69, 9.17) is 13.0 Å². The van der Waals surface area contributed by atoms with Crippen LogP contribution in [0.3, 0.4) is 0 Å². The van der Waals surface area contributed by atoms with Crippen molar-refractivity contribution < 1.29 is 26.5 Å². The van der Waals surface area contributed by atoms with Gasteiger partial charge in [-0.3, -0.25) is 0 Å². The first-order chi connectivity index (χ1) is 16.2. The van der Waals surface area contributed by atoms with Crippen molar-refractivity contribution in [1.82, 2.24) is 9.21 Å². The first-order valence-electron chi connectivity index (χ1n) is 12.3. The van der Waals surface area contributed by atoms with Crippen LogP contribution in [0.1, 0.15) is 25.8 Å². The molecule has 2 aromatic carbocycles. The zero-order valence-corrected chi connectivity index (χ0v) is 17.1. The lowest BCUT2D eigenvalue weighted by molar-refractivity contribution is -0.0698. The second-order valence-corrected chi connectivity index (χ2v) is 9.28. The summed E-state index contributed by atoms with van der Waals surface area (Å²) >= 11 is 0. The number of ether oxygens (including phenoxy) is 1. The topological polar surface area (TPSA) is 70.1 Å². The third-order valence-electron chi connectivity index (χ3n) is 5.40. The number of hydrogen-bond donors (Lipinski definition) is 1. The van der Waals surface area contributed by atoms with Gasteiger partial charge in [0.1, 0.15) is 5.75 Å². The third kappa shape index (κ3) is 4.98. The van der Waals surface area contributed by atoms with Crippen molar-refractivity contribution in [1.29, 1.82) is 0 Å². The van der Waals surface area contributed by atoms with Crippen LogP contribution in [-0.4, -0.2) is 63.4 Å². The summed E-state index contributed by atoms with van der Waals surface area (Å²) in [5, 5.41) is 11.8. The van der Waals surface area contributed by atoms with Crippen molar-refractivity contribution in [2.45, 2.75) is 17.8 Å². The highest BCUT2D eigenvalue weighted by Crippen LogP contribution is 2.40. The zero-order chi connectivity index (χ0) is 26.1. The molecule has 7 heteroatoms. The van der Waals surface area contributed by atoms with Gasteiger partial charge in [0.15, 0.2) is 0 Å². The summed E-state index contributed by atoms with van der Waals surface area (Å²) in [4.78, 5) is 0.364. The smallest absolute Gasteiger partial charge is 0.218 e. The summed E-state index contributed by atoms with van der Waals surface area (Å²) in [7, 11) is -2.36. The van der Waals surface area contributed by atoms with Crippen LogP contribution in [0.15, 0.2) is 54.6 Å². The molecule has 158 valence electrons. The second kappa shape index (κ2) is 8.83. The van der Waals surface area contributed by atoms with Gasteiger partial charge in [-0.15, -0.1) is 0 Å². The van der Waals surface area contributed by atoms with Crippen LogP contribution in [0.4, 0.5) is 0 Å². The Bertz CT molecular complexity index is 1100. The number of nitrogens with zero attached hydrogens (tertiary/aromatic N) is 2. The number of methoxy groups -OCH3 is 1. The minimum atomic E-state index is -3.82. The number of sulfonamides is 1. The fourth-order valence-electron chi connectivity index (χ4n) is 3.82. The molecule has 0 aliphatic carbocycles. The van der Waals surface area contributed by atoms with Crippen LogP contribution in [0.25, 0.3) is 0 Å². The Morgan fingerprint density at radius 1 is 1.24 bits per heavy atom. The molecule has 3 rings (SSSR count). The van der Waals surface area contributed by atoms with Gasteiger partial charge < -0.3 is 14.7 Å². The second-order valence-electron chi connectivity index (χ2n) is 7.31. The van der Waals surface area contributed by atoms with Gasteiger partial charge in [0.25, 0.3) is 0 Å². The molecule has 0 spiro atoms. The molecule has 1 fully saturated rings. The third-order valence-corrected chi connectivity index (χ3v) is 7.22. The minimum Gasteiger partial charge on any atom is -0.497 e. The number of hydrogen-bond acceptors (Lipinski definition) is 5. The maximum atomic E-state index is 13.2. The van der Waals surface area contributed by atoms with Gasteiger partial charge in [-0.05, 0) is 43.6 Å². The molecule has 0 unspecified atom stereocenters.